The normalized spacial score (nSPS) is 15.0. The Labute approximate surface area is 165 Å². The van der Waals surface area contributed by atoms with E-state index in [1.165, 1.54) is 0 Å². The van der Waals surface area contributed by atoms with Crippen molar-refractivity contribution in [2.24, 2.45) is 4.99 Å². The molecule has 25 heavy (non-hydrogen) atoms. The number of phenolic OH excluding ortho intramolecular Hbond substituents is 1. The van der Waals surface area contributed by atoms with Crippen LogP contribution in [0.4, 0.5) is 5.69 Å². The number of phenols is 1. The summed E-state index contributed by atoms with van der Waals surface area (Å²) in [6.07, 6.45) is 2.53. The number of rotatable bonds is 4. The number of aliphatic imine (C=N–C) groups is 1. The molecule has 7 heteroatoms. The minimum atomic E-state index is 0. The molecule has 0 aliphatic carbocycles. The summed E-state index contributed by atoms with van der Waals surface area (Å²) in [5.41, 5.74) is 0.901. The highest BCUT2D eigenvalue weighted by Crippen LogP contribution is 2.27. The topological polar surface area (TPSA) is 64.2 Å². The number of nitrogens with one attached hydrogen (secondary N) is 1. The van der Waals surface area contributed by atoms with Gasteiger partial charge in [0.15, 0.2) is 5.96 Å². The van der Waals surface area contributed by atoms with Crippen LogP contribution < -0.4 is 10.2 Å². The van der Waals surface area contributed by atoms with Gasteiger partial charge in [0, 0.05) is 46.2 Å². The molecule has 3 rings (SSSR count). The van der Waals surface area contributed by atoms with E-state index in [1.54, 1.807) is 12.3 Å². The van der Waals surface area contributed by atoms with Crippen LogP contribution >= 0.6 is 24.0 Å². The molecule has 6 nitrogen and oxygen atoms in total. The molecule has 1 aliphatic heterocycles. The lowest BCUT2D eigenvalue weighted by molar-refractivity contribution is 0.369. The van der Waals surface area contributed by atoms with Crippen molar-refractivity contribution in [3.8, 4) is 5.75 Å². The molecule has 0 amide bonds. The highest BCUT2D eigenvalue weighted by atomic mass is 127. The molecule has 0 unspecified atom stereocenters. The molecular formula is C18H25IN4O2. The number of piperazine rings is 1. The van der Waals surface area contributed by atoms with E-state index < -0.39 is 0 Å². The van der Waals surface area contributed by atoms with Crippen LogP contribution in [0, 0.1) is 0 Å². The Morgan fingerprint density at radius 2 is 1.92 bits per heavy atom. The van der Waals surface area contributed by atoms with E-state index in [0.717, 1.165) is 56.6 Å². The predicted octanol–water partition coefficient (Wildman–Crippen LogP) is 2.54. The number of hydrogen-bond acceptors (Lipinski definition) is 4. The van der Waals surface area contributed by atoms with Crippen LogP contribution in [-0.4, -0.2) is 55.7 Å². The molecule has 0 saturated carbocycles. The van der Waals surface area contributed by atoms with Crippen molar-refractivity contribution >= 4 is 35.6 Å². The van der Waals surface area contributed by atoms with Crippen LogP contribution in [0.5, 0.6) is 5.75 Å². The van der Waals surface area contributed by atoms with E-state index >= 15 is 0 Å². The summed E-state index contributed by atoms with van der Waals surface area (Å²) in [6.45, 7) is 4.25. The number of furan rings is 1. The maximum absolute atomic E-state index is 9.99. The molecule has 0 bridgehead atoms. The van der Waals surface area contributed by atoms with Crippen molar-refractivity contribution in [1.29, 1.82) is 0 Å². The Kier molecular flexibility index (Phi) is 7.42. The van der Waals surface area contributed by atoms with Crippen molar-refractivity contribution in [3.05, 3.63) is 48.4 Å². The van der Waals surface area contributed by atoms with Crippen molar-refractivity contribution < 1.29 is 9.52 Å². The van der Waals surface area contributed by atoms with Crippen molar-refractivity contribution in [1.82, 2.24) is 10.2 Å². The SMILES string of the molecule is CN=C(NCCc1ccco1)N1CCN(c2ccccc2O)CC1.I. The Morgan fingerprint density at radius 1 is 1.16 bits per heavy atom. The lowest BCUT2D eigenvalue weighted by atomic mass is 10.2. The number of aromatic hydroxyl groups is 1. The van der Waals surface area contributed by atoms with Crippen LogP contribution in [0.1, 0.15) is 5.76 Å². The van der Waals surface area contributed by atoms with Crippen molar-refractivity contribution in [3.63, 3.8) is 0 Å². The maximum atomic E-state index is 9.99. The van der Waals surface area contributed by atoms with Gasteiger partial charge in [0.2, 0.25) is 0 Å². The van der Waals surface area contributed by atoms with Gasteiger partial charge in [-0.3, -0.25) is 4.99 Å². The summed E-state index contributed by atoms with van der Waals surface area (Å²) >= 11 is 0. The third kappa shape index (κ3) is 5.04. The Bertz CT molecular complexity index is 667. The van der Waals surface area contributed by atoms with E-state index in [4.69, 9.17) is 4.42 Å². The van der Waals surface area contributed by atoms with Crippen LogP contribution in [-0.2, 0) is 6.42 Å². The number of anilines is 1. The average Bonchev–Trinajstić information content (AvgIpc) is 3.13. The zero-order chi connectivity index (χ0) is 16.8. The molecule has 0 radical (unpaired) electrons. The Balaban J connectivity index is 0.00000225. The lowest BCUT2D eigenvalue weighted by Crippen LogP contribution is -2.52. The second kappa shape index (κ2) is 9.55. The third-order valence-corrected chi connectivity index (χ3v) is 4.25. The van der Waals surface area contributed by atoms with Gasteiger partial charge < -0.3 is 24.6 Å². The first-order valence-corrected chi connectivity index (χ1v) is 8.29. The third-order valence-electron chi connectivity index (χ3n) is 4.25. The van der Waals surface area contributed by atoms with Gasteiger partial charge in [-0.1, -0.05) is 12.1 Å². The quantitative estimate of drug-likeness (QED) is 0.421. The molecule has 0 atom stereocenters. The monoisotopic (exact) mass is 456 g/mol. The zero-order valence-electron chi connectivity index (χ0n) is 14.4. The van der Waals surface area contributed by atoms with Gasteiger partial charge in [-0.2, -0.15) is 0 Å². The minimum Gasteiger partial charge on any atom is -0.506 e. The highest BCUT2D eigenvalue weighted by molar-refractivity contribution is 14.0. The van der Waals surface area contributed by atoms with Crippen LogP contribution in [0.3, 0.4) is 0 Å². The van der Waals surface area contributed by atoms with Gasteiger partial charge in [-0.15, -0.1) is 24.0 Å². The number of guanidine groups is 1. The molecule has 1 aromatic carbocycles. The molecule has 1 saturated heterocycles. The fourth-order valence-electron chi connectivity index (χ4n) is 2.98. The molecule has 2 N–H and O–H groups in total. The first-order valence-electron chi connectivity index (χ1n) is 8.29. The summed E-state index contributed by atoms with van der Waals surface area (Å²) in [4.78, 5) is 8.84. The molecule has 136 valence electrons. The standard InChI is InChI=1S/C18H24N4O2.HI/c1-19-18(20-9-8-15-5-4-14-24-15)22-12-10-21(11-13-22)16-6-2-3-7-17(16)23;/h2-7,14,23H,8-13H2,1H3,(H,19,20);1H. The highest BCUT2D eigenvalue weighted by Gasteiger charge is 2.21. The largest absolute Gasteiger partial charge is 0.506 e. The summed E-state index contributed by atoms with van der Waals surface area (Å²) in [5, 5.41) is 13.4. The van der Waals surface area contributed by atoms with Crippen molar-refractivity contribution in [2.75, 3.05) is 44.7 Å². The van der Waals surface area contributed by atoms with Crippen LogP contribution in [0.15, 0.2) is 52.1 Å². The van der Waals surface area contributed by atoms with Gasteiger partial charge in [0.05, 0.1) is 12.0 Å². The van der Waals surface area contributed by atoms with Gasteiger partial charge in [0.25, 0.3) is 0 Å². The number of para-hydroxylation sites is 2. The second-order valence-corrected chi connectivity index (χ2v) is 5.77. The molecule has 1 aromatic heterocycles. The van der Waals surface area contributed by atoms with Crippen molar-refractivity contribution in [2.45, 2.75) is 6.42 Å². The fourth-order valence-corrected chi connectivity index (χ4v) is 2.98. The zero-order valence-corrected chi connectivity index (χ0v) is 16.7. The molecule has 2 aromatic rings. The summed E-state index contributed by atoms with van der Waals surface area (Å²) in [7, 11) is 1.81. The van der Waals surface area contributed by atoms with E-state index in [2.05, 4.69) is 20.1 Å². The number of nitrogens with zero attached hydrogens (tertiary/aromatic N) is 3. The molecular weight excluding hydrogens is 431 g/mol. The van der Waals surface area contributed by atoms with Crippen LogP contribution in [0.2, 0.25) is 0 Å². The molecule has 0 spiro atoms. The van der Waals surface area contributed by atoms with Gasteiger partial charge in [-0.25, -0.2) is 0 Å². The molecule has 2 heterocycles. The van der Waals surface area contributed by atoms with E-state index in [0.29, 0.717) is 5.75 Å². The first kappa shape index (κ1) is 19.4. The average molecular weight is 456 g/mol. The van der Waals surface area contributed by atoms with E-state index in [-0.39, 0.29) is 24.0 Å². The Hall–Kier alpha value is -1.90. The number of hydrogen-bond donors (Lipinski definition) is 2. The summed E-state index contributed by atoms with van der Waals surface area (Å²) in [6, 6.07) is 11.4. The van der Waals surface area contributed by atoms with Gasteiger partial charge >= 0.3 is 0 Å². The number of halogens is 1. The first-order chi connectivity index (χ1) is 11.8. The smallest absolute Gasteiger partial charge is 0.193 e. The summed E-state index contributed by atoms with van der Waals surface area (Å²) in [5.74, 6) is 2.23. The lowest BCUT2D eigenvalue weighted by Gasteiger charge is -2.37. The predicted molar refractivity (Wildman–Crippen MR) is 111 cm³/mol. The van der Waals surface area contributed by atoms with Crippen LogP contribution in [0.25, 0.3) is 0 Å². The second-order valence-electron chi connectivity index (χ2n) is 5.77. The number of benzene rings is 1. The Morgan fingerprint density at radius 3 is 2.56 bits per heavy atom. The minimum absolute atomic E-state index is 0. The fraction of sp³-hybridized carbons (Fsp3) is 0.389. The van der Waals surface area contributed by atoms with E-state index in [9.17, 15) is 5.11 Å². The molecule has 1 fully saturated rings. The maximum Gasteiger partial charge on any atom is 0.193 e. The van der Waals surface area contributed by atoms with Gasteiger partial charge in [0.1, 0.15) is 11.5 Å². The van der Waals surface area contributed by atoms with Gasteiger partial charge in [-0.05, 0) is 24.3 Å². The van der Waals surface area contributed by atoms with E-state index in [1.807, 2.05) is 37.4 Å². The molecule has 1 aliphatic rings. The summed E-state index contributed by atoms with van der Waals surface area (Å²) < 4.78 is 5.34.